The summed E-state index contributed by atoms with van der Waals surface area (Å²) in [5.74, 6) is 3.28. The molecule has 1 N–H and O–H groups in total. The summed E-state index contributed by atoms with van der Waals surface area (Å²) in [6, 6.07) is -2.81. The van der Waals surface area contributed by atoms with Crippen LogP contribution in [0.25, 0.3) is 0 Å². The van der Waals surface area contributed by atoms with Gasteiger partial charge in [0.1, 0.15) is 5.60 Å². The van der Waals surface area contributed by atoms with Crippen LogP contribution in [0, 0.1) is 29.1 Å². The minimum absolute atomic E-state index is 0.0227. The number of anilines is 1. The molecule has 2 saturated carbocycles. The van der Waals surface area contributed by atoms with Crippen LogP contribution in [0.1, 0.15) is 85.4 Å². The number of ketones is 1. The van der Waals surface area contributed by atoms with Crippen LogP contribution in [-0.4, -0.2) is 30.4 Å². The van der Waals surface area contributed by atoms with Gasteiger partial charge in [0.25, 0.3) is 0 Å². The molecule has 0 aliphatic heterocycles. The predicted octanol–water partition coefficient (Wildman–Crippen LogP) is 5.41. The van der Waals surface area contributed by atoms with E-state index in [0.717, 1.165) is 11.1 Å². The van der Waals surface area contributed by atoms with Gasteiger partial charge in [-0.3, -0.25) is 4.79 Å². The molecule has 2 fully saturated rings. The number of hydrogen-bond donors (Lipinski definition) is 1. The van der Waals surface area contributed by atoms with Gasteiger partial charge < -0.3 is 10.0 Å². The number of aliphatic hydroxyl groups is 1. The van der Waals surface area contributed by atoms with Crippen LogP contribution in [0.15, 0.2) is 47.0 Å². The lowest BCUT2D eigenvalue weighted by atomic mass is 9.51. The van der Waals surface area contributed by atoms with Gasteiger partial charge in [0.2, 0.25) is 0 Å². The Balaban J connectivity index is 1.83. The summed E-state index contributed by atoms with van der Waals surface area (Å²) in [5, 5.41) is 11.9. The number of carbonyl (C=O) groups is 1. The molecule has 5 atom stereocenters. The fraction of sp³-hybridized carbons (Fsp3) is 0.552. The molecule has 0 bridgehead atoms. The van der Waals surface area contributed by atoms with E-state index < -0.39 is 66.6 Å². The molecule has 0 amide bonds. The molecule has 3 heteroatoms. The Hall–Kier alpha value is -2.31. The molecule has 0 unspecified atom stereocenters. The van der Waals surface area contributed by atoms with E-state index in [1.807, 2.05) is 6.92 Å². The summed E-state index contributed by atoms with van der Waals surface area (Å²) in [4.78, 5) is 12.3. The Bertz CT molecular complexity index is 1490. The molecule has 4 aliphatic rings. The summed E-state index contributed by atoms with van der Waals surface area (Å²) < 4.78 is 92.6. The van der Waals surface area contributed by atoms with E-state index in [9.17, 15) is 11.3 Å². The quantitative estimate of drug-likeness (QED) is 0.626. The molecule has 0 heterocycles. The SMILES string of the molecule is [2H]c1c([2H])c(N(C([2H])([2H])[2H])C([2H])([2H])[2H])c([2H])c([2H])c1[C@H]1C[C@@]2(C)[C@@H](CC[C@@]2(O)C#CC)[C@]2([2H])CCC3=CC(=O)CCC3=C12. The monoisotopic (exact) mass is 440 g/mol. The van der Waals surface area contributed by atoms with E-state index in [4.69, 9.17) is 13.7 Å². The molecule has 0 radical (unpaired) electrons. The Labute approximate surface area is 208 Å². The van der Waals surface area contributed by atoms with E-state index >= 15 is 0 Å². The van der Waals surface area contributed by atoms with Crippen LogP contribution < -0.4 is 4.90 Å². The second-order valence-electron chi connectivity index (χ2n) is 9.65. The van der Waals surface area contributed by atoms with Crippen molar-refractivity contribution < 1.29 is 25.0 Å². The fourth-order valence-electron chi connectivity index (χ4n) is 6.59. The highest BCUT2D eigenvalue weighted by Gasteiger charge is 2.62. The lowest BCUT2D eigenvalue weighted by Crippen LogP contribution is -2.51. The Morgan fingerprint density at radius 3 is 2.72 bits per heavy atom. The van der Waals surface area contributed by atoms with Crippen molar-refractivity contribution >= 4 is 11.5 Å². The van der Waals surface area contributed by atoms with Crippen LogP contribution in [0.2, 0.25) is 0 Å². The number of rotatable bonds is 2. The van der Waals surface area contributed by atoms with Gasteiger partial charge in [-0.1, -0.05) is 30.5 Å². The van der Waals surface area contributed by atoms with Gasteiger partial charge in [0.15, 0.2) is 5.78 Å². The average molecular weight is 441 g/mol. The van der Waals surface area contributed by atoms with Crippen LogP contribution in [-0.2, 0) is 4.79 Å². The average Bonchev–Trinajstić information content (AvgIpc) is 3.14. The smallest absolute Gasteiger partial charge is 0.156 e. The highest BCUT2D eigenvalue weighted by molar-refractivity contribution is 5.93. The number of fused-ring (bicyclic) bond motifs is 4. The summed E-state index contributed by atoms with van der Waals surface area (Å²) in [6.07, 6.45) is 3.99. The minimum atomic E-state index is -3.29. The number of nitrogens with zero attached hydrogens (tertiary/aromatic N) is 1. The highest BCUT2D eigenvalue weighted by atomic mass is 16.3. The number of carbonyl (C=O) groups excluding carboxylic acids is 1. The van der Waals surface area contributed by atoms with Gasteiger partial charge in [-0.15, -0.1) is 5.92 Å². The summed E-state index contributed by atoms with van der Waals surface area (Å²) in [5.41, 5.74) is -1.15. The number of allylic oxidation sites excluding steroid dienone is 4. The van der Waals surface area contributed by atoms with E-state index in [2.05, 4.69) is 11.8 Å². The molecule has 0 saturated heterocycles. The molecular weight excluding hydrogens is 394 g/mol. The topological polar surface area (TPSA) is 40.5 Å². The van der Waals surface area contributed by atoms with Gasteiger partial charge in [-0.2, -0.15) is 0 Å². The first-order valence-electron chi connectivity index (χ1n) is 16.8. The molecule has 3 nitrogen and oxygen atoms in total. The molecule has 5 rings (SSSR count). The molecule has 0 spiro atoms. The van der Waals surface area contributed by atoms with Gasteiger partial charge >= 0.3 is 0 Å². The number of benzene rings is 1. The molecule has 1 aromatic carbocycles. The molecule has 1 aromatic rings. The fourth-order valence-corrected chi connectivity index (χ4v) is 6.59. The zero-order valence-electron chi connectivity index (χ0n) is 29.5. The first kappa shape index (κ1) is 12.2. The maximum atomic E-state index is 12.4. The van der Waals surface area contributed by atoms with Crippen LogP contribution >= 0.6 is 0 Å². The first-order valence-corrected chi connectivity index (χ1v) is 11.3. The van der Waals surface area contributed by atoms with Crippen molar-refractivity contribution in [2.24, 2.45) is 17.2 Å². The van der Waals surface area contributed by atoms with Crippen molar-refractivity contribution in [2.45, 2.75) is 70.3 Å². The minimum Gasteiger partial charge on any atom is -0.378 e. The Morgan fingerprint density at radius 2 is 2.00 bits per heavy atom. The van der Waals surface area contributed by atoms with Gasteiger partial charge in [0.05, 0.1) is 5.48 Å². The van der Waals surface area contributed by atoms with Crippen molar-refractivity contribution in [1.82, 2.24) is 0 Å². The Morgan fingerprint density at radius 1 is 1.22 bits per heavy atom. The van der Waals surface area contributed by atoms with E-state index in [1.165, 1.54) is 0 Å². The van der Waals surface area contributed by atoms with Crippen molar-refractivity contribution in [3.63, 3.8) is 0 Å². The van der Waals surface area contributed by atoms with E-state index in [0.29, 0.717) is 37.7 Å². The molecule has 168 valence electrons. The summed E-state index contributed by atoms with van der Waals surface area (Å²) in [6.45, 7) is -3.09. The third-order valence-electron chi connectivity index (χ3n) is 8.12. The molecule has 0 aromatic heterocycles. The van der Waals surface area contributed by atoms with E-state index in [-0.39, 0.29) is 35.0 Å². The van der Waals surface area contributed by atoms with Gasteiger partial charge in [-0.05, 0) is 92.1 Å². The summed E-state index contributed by atoms with van der Waals surface area (Å²) >= 11 is 0. The lowest BCUT2D eigenvalue weighted by molar-refractivity contribution is -0.114. The summed E-state index contributed by atoms with van der Waals surface area (Å²) in [7, 11) is 0. The molecule has 32 heavy (non-hydrogen) atoms. The van der Waals surface area contributed by atoms with Gasteiger partial charge in [-0.25, -0.2) is 0 Å². The van der Waals surface area contributed by atoms with E-state index in [1.54, 1.807) is 13.0 Å². The van der Waals surface area contributed by atoms with Crippen molar-refractivity contribution in [3.05, 3.63) is 52.5 Å². The molecule has 4 aliphatic carbocycles. The first-order chi connectivity index (χ1) is 19.7. The second-order valence-corrected chi connectivity index (χ2v) is 9.65. The third-order valence-corrected chi connectivity index (χ3v) is 8.12. The normalized spacial score (nSPS) is 43.9. The maximum Gasteiger partial charge on any atom is 0.156 e. The third kappa shape index (κ3) is 3.11. The zero-order chi connectivity index (χ0) is 32.1. The zero-order valence-corrected chi connectivity index (χ0v) is 18.5. The Kier molecular flexibility index (Phi) is 2.92. The second kappa shape index (κ2) is 7.63. The highest BCUT2D eigenvalue weighted by Crippen LogP contribution is 2.66. The van der Waals surface area contributed by atoms with Crippen molar-refractivity contribution in [2.75, 3.05) is 18.9 Å². The lowest BCUT2D eigenvalue weighted by Gasteiger charge is -2.53. The number of hydrogen-bond acceptors (Lipinski definition) is 3. The standard InChI is InChI=1S/C29H35NO2/c1-5-15-29(32)16-14-26-24-12-8-20-17-22(31)11-13-23(20)27(24)25(18-28(26,29)2)19-6-9-21(10-7-19)30(3)4/h6-7,9-10,17,24-26,32H,8,11-14,16,18H2,1-4H3/t24-,25+,26-,28-,29-/m0/s1/i3D3,4D3,6D,7D,9D,10D,24D. The van der Waals surface area contributed by atoms with Crippen LogP contribution in [0.4, 0.5) is 5.69 Å². The van der Waals surface area contributed by atoms with Crippen molar-refractivity contribution in [1.29, 1.82) is 0 Å². The molecular formula is C29H35NO2. The predicted molar refractivity (Wildman–Crippen MR) is 129 cm³/mol. The van der Waals surface area contributed by atoms with Crippen LogP contribution in [0.5, 0.6) is 0 Å². The van der Waals surface area contributed by atoms with Crippen molar-refractivity contribution in [3.8, 4) is 11.8 Å². The largest absolute Gasteiger partial charge is 0.378 e. The maximum absolute atomic E-state index is 12.4. The van der Waals surface area contributed by atoms with Gasteiger partial charge in [0, 0.05) is 47.0 Å². The van der Waals surface area contributed by atoms with Crippen LogP contribution in [0.3, 0.4) is 0 Å².